The molecule has 0 aliphatic rings. The molecule has 0 fully saturated rings. The zero-order valence-corrected chi connectivity index (χ0v) is 10.5. The van der Waals surface area contributed by atoms with Crippen LogP contribution >= 0.6 is 0 Å². The van der Waals surface area contributed by atoms with Gasteiger partial charge >= 0.3 is 0 Å². The predicted octanol–water partition coefficient (Wildman–Crippen LogP) is 2.05. The fourth-order valence-corrected chi connectivity index (χ4v) is 2.11. The van der Waals surface area contributed by atoms with Crippen LogP contribution in [0.15, 0.2) is 30.6 Å². The Bertz CT molecular complexity index is 480. The van der Waals surface area contributed by atoms with Gasteiger partial charge in [0.15, 0.2) is 0 Å². The van der Waals surface area contributed by atoms with Gasteiger partial charge in [-0.3, -0.25) is 0 Å². The van der Waals surface area contributed by atoms with Crippen LogP contribution in [0.1, 0.15) is 22.5 Å². The molecular weight excluding hydrogens is 210 g/mol. The van der Waals surface area contributed by atoms with Crippen LogP contribution in [0.4, 0.5) is 0 Å². The van der Waals surface area contributed by atoms with Gasteiger partial charge < -0.3 is 10.3 Å². The third-order valence-electron chi connectivity index (χ3n) is 3.14. The van der Waals surface area contributed by atoms with E-state index in [4.69, 9.17) is 5.73 Å². The molecule has 0 bridgehead atoms. The highest BCUT2D eigenvalue weighted by Crippen LogP contribution is 2.15. The molecular formula is C14H19N3. The summed E-state index contributed by atoms with van der Waals surface area (Å²) in [7, 11) is 0. The molecule has 3 heteroatoms. The average molecular weight is 229 g/mol. The van der Waals surface area contributed by atoms with Crippen molar-refractivity contribution in [3.63, 3.8) is 0 Å². The number of aryl methyl sites for hydroxylation is 2. The molecule has 2 aromatic rings. The molecule has 90 valence electrons. The number of rotatable bonds is 4. The summed E-state index contributed by atoms with van der Waals surface area (Å²) in [6.45, 7) is 5.83. The van der Waals surface area contributed by atoms with Gasteiger partial charge in [0.2, 0.25) is 0 Å². The molecule has 1 aromatic heterocycles. The van der Waals surface area contributed by atoms with Crippen molar-refractivity contribution in [3.05, 3.63) is 53.1 Å². The third kappa shape index (κ3) is 2.56. The SMILES string of the molecule is Cc1cccc(C)c1Cn1ccnc1CCN. The van der Waals surface area contributed by atoms with Gasteiger partial charge in [0.1, 0.15) is 5.82 Å². The lowest BCUT2D eigenvalue weighted by Crippen LogP contribution is -2.11. The van der Waals surface area contributed by atoms with Gasteiger partial charge in [-0.05, 0) is 37.1 Å². The number of nitrogens with two attached hydrogens (primary N) is 1. The molecule has 0 atom stereocenters. The van der Waals surface area contributed by atoms with E-state index in [0.29, 0.717) is 6.54 Å². The molecule has 0 amide bonds. The first-order valence-corrected chi connectivity index (χ1v) is 5.97. The summed E-state index contributed by atoms with van der Waals surface area (Å²) in [6, 6.07) is 6.41. The standard InChI is InChI=1S/C14H19N3/c1-11-4-3-5-12(2)13(11)10-17-9-8-16-14(17)6-7-15/h3-5,8-9H,6-7,10,15H2,1-2H3. The number of benzene rings is 1. The predicted molar refractivity (Wildman–Crippen MR) is 70.0 cm³/mol. The van der Waals surface area contributed by atoms with Crippen molar-refractivity contribution in [2.24, 2.45) is 5.73 Å². The Morgan fingerprint density at radius 2 is 1.94 bits per heavy atom. The van der Waals surface area contributed by atoms with Crippen molar-refractivity contribution in [3.8, 4) is 0 Å². The lowest BCUT2D eigenvalue weighted by atomic mass is 10.0. The molecule has 0 saturated carbocycles. The average Bonchev–Trinajstić information content (AvgIpc) is 2.72. The lowest BCUT2D eigenvalue weighted by Gasteiger charge is -2.12. The molecule has 17 heavy (non-hydrogen) atoms. The maximum atomic E-state index is 5.59. The normalized spacial score (nSPS) is 10.8. The topological polar surface area (TPSA) is 43.8 Å². The van der Waals surface area contributed by atoms with E-state index >= 15 is 0 Å². The van der Waals surface area contributed by atoms with Crippen molar-refractivity contribution in [2.75, 3.05) is 6.54 Å². The summed E-state index contributed by atoms with van der Waals surface area (Å²) in [5.74, 6) is 1.06. The lowest BCUT2D eigenvalue weighted by molar-refractivity contribution is 0.711. The van der Waals surface area contributed by atoms with E-state index in [-0.39, 0.29) is 0 Å². The summed E-state index contributed by atoms with van der Waals surface area (Å²) < 4.78 is 2.18. The Morgan fingerprint density at radius 1 is 1.24 bits per heavy atom. The third-order valence-corrected chi connectivity index (χ3v) is 3.14. The van der Waals surface area contributed by atoms with Gasteiger partial charge in [-0.15, -0.1) is 0 Å². The maximum absolute atomic E-state index is 5.59. The van der Waals surface area contributed by atoms with Crippen LogP contribution in [0, 0.1) is 13.8 Å². The van der Waals surface area contributed by atoms with E-state index < -0.39 is 0 Å². The van der Waals surface area contributed by atoms with Crippen LogP contribution in [-0.4, -0.2) is 16.1 Å². The van der Waals surface area contributed by atoms with E-state index in [1.807, 2.05) is 12.4 Å². The molecule has 1 heterocycles. The van der Waals surface area contributed by atoms with E-state index in [9.17, 15) is 0 Å². The van der Waals surface area contributed by atoms with Crippen LogP contribution < -0.4 is 5.73 Å². The molecule has 3 nitrogen and oxygen atoms in total. The zero-order chi connectivity index (χ0) is 12.3. The number of hydrogen-bond donors (Lipinski definition) is 1. The maximum Gasteiger partial charge on any atom is 0.110 e. The minimum Gasteiger partial charge on any atom is -0.330 e. The van der Waals surface area contributed by atoms with Gasteiger partial charge in [-0.25, -0.2) is 4.98 Å². The first kappa shape index (κ1) is 11.9. The van der Waals surface area contributed by atoms with Crippen molar-refractivity contribution >= 4 is 0 Å². The quantitative estimate of drug-likeness (QED) is 0.872. The smallest absolute Gasteiger partial charge is 0.110 e. The first-order valence-electron chi connectivity index (χ1n) is 5.97. The summed E-state index contributed by atoms with van der Waals surface area (Å²) in [5.41, 5.74) is 9.63. The fourth-order valence-electron chi connectivity index (χ4n) is 2.11. The first-order chi connectivity index (χ1) is 8.22. The van der Waals surface area contributed by atoms with Crippen LogP contribution in [0.5, 0.6) is 0 Å². The van der Waals surface area contributed by atoms with Gasteiger partial charge in [0.25, 0.3) is 0 Å². The Kier molecular flexibility index (Phi) is 3.59. The molecule has 2 N–H and O–H groups in total. The molecule has 0 unspecified atom stereocenters. The van der Waals surface area contributed by atoms with Crippen molar-refractivity contribution in [1.82, 2.24) is 9.55 Å². The van der Waals surface area contributed by atoms with E-state index in [1.165, 1.54) is 16.7 Å². The van der Waals surface area contributed by atoms with Crippen molar-refractivity contribution < 1.29 is 0 Å². The molecule has 0 saturated heterocycles. The molecule has 0 aliphatic carbocycles. The van der Waals surface area contributed by atoms with Gasteiger partial charge in [-0.1, -0.05) is 18.2 Å². The van der Waals surface area contributed by atoms with E-state index in [2.05, 4.69) is 41.6 Å². The summed E-state index contributed by atoms with van der Waals surface area (Å²) in [5, 5.41) is 0. The Labute approximate surface area is 102 Å². The minimum atomic E-state index is 0.643. The second-order valence-electron chi connectivity index (χ2n) is 4.38. The molecule has 1 aromatic carbocycles. The fraction of sp³-hybridized carbons (Fsp3) is 0.357. The molecule has 0 spiro atoms. The largest absolute Gasteiger partial charge is 0.330 e. The molecule has 2 rings (SSSR count). The molecule has 0 aliphatic heterocycles. The highest BCUT2D eigenvalue weighted by atomic mass is 15.1. The monoisotopic (exact) mass is 229 g/mol. The van der Waals surface area contributed by atoms with Crippen LogP contribution in [0.3, 0.4) is 0 Å². The van der Waals surface area contributed by atoms with Gasteiger partial charge in [-0.2, -0.15) is 0 Å². The highest BCUT2D eigenvalue weighted by Gasteiger charge is 2.06. The number of nitrogens with zero attached hydrogens (tertiary/aromatic N) is 2. The second-order valence-corrected chi connectivity index (χ2v) is 4.38. The summed E-state index contributed by atoms with van der Waals surface area (Å²) >= 11 is 0. The summed E-state index contributed by atoms with van der Waals surface area (Å²) in [4.78, 5) is 4.34. The zero-order valence-electron chi connectivity index (χ0n) is 10.5. The van der Waals surface area contributed by atoms with Crippen molar-refractivity contribution in [2.45, 2.75) is 26.8 Å². The Morgan fingerprint density at radius 3 is 2.59 bits per heavy atom. The molecule has 0 radical (unpaired) electrons. The number of aromatic nitrogens is 2. The highest BCUT2D eigenvalue weighted by molar-refractivity contribution is 5.33. The Hall–Kier alpha value is -1.61. The Balaban J connectivity index is 2.28. The van der Waals surface area contributed by atoms with Gasteiger partial charge in [0, 0.05) is 25.4 Å². The van der Waals surface area contributed by atoms with Crippen LogP contribution in [0.2, 0.25) is 0 Å². The number of hydrogen-bond acceptors (Lipinski definition) is 2. The summed E-state index contributed by atoms with van der Waals surface area (Å²) in [6.07, 6.45) is 4.70. The number of imidazole rings is 1. The second kappa shape index (κ2) is 5.15. The van der Waals surface area contributed by atoms with Crippen LogP contribution in [0.25, 0.3) is 0 Å². The minimum absolute atomic E-state index is 0.643. The van der Waals surface area contributed by atoms with E-state index in [0.717, 1.165) is 18.8 Å². The van der Waals surface area contributed by atoms with Crippen LogP contribution in [-0.2, 0) is 13.0 Å². The van der Waals surface area contributed by atoms with Crippen molar-refractivity contribution in [1.29, 1.82) is 0 Å². The van der Waals surface area contributed by atoms with Gasteiger partial charge in [0.05, 0.1) is 0 Å². The van der Waals surface area contributed by atoms with E-state index in [1.54, 1.807) is 0 Å².